The van der Waals surface area contributed by atoms with Crippen LogP contribution in [0.3, 0.4) is 0 Å². The Bertz CT molecular complexity index is 5300. The van der Waals surface area contributed by atoms with Crippen LogP contribution < -0.4 is 21.3 Å². The number of nitrogens with zero attached hydrogens (tertiary/aromatic N) is 16. The van der Waals surface area contributed by atoms with Crippen LogP contribution in [0.5, 0.6) is 0 Å². The Labute approximate surface area is 837 Å². The van der Waals surface area contributed by atoms with Crippen LogP contribution in [0.25, 0.3) is 0 Å². The molecule has 7 aromatic rings. The van der Waals surface area contributed by atoms with Gasteiger partial charge in [-0.2, -0.15) is 20.4 Å². The lowest BCUT2D eigenvalue weighted by Crippen LogP contribution is -2.66. The van der Waals surface area contributed by atoms with Crippen LogP contribution in [-0.4, -0.2) is 224 Å². The zero-order valence-electron chi connectivity index (χ0n) is 84.8. The highest BCUT2D eigenvalue weighted by Gasteiger charge is 2.66. The molecule has 24 fully saturated rings. The van der Waals surface area contributed by atoms with Crippen molar-refractivity contribution in [2.45, 2.75) is 322 Å². The average Bonchev–Trinajstić information content (AvgIpc) is 0.734. The Balaban J connectivity index is 0.0000000979. The van der Waals surface area contributed by atoms with Gasteiger partial charge < -0.3 is 45.6 Å². The van der Waals surface area contributed by atoms with E-state index in [4.69, 9.17) is 16.3 Å². The van der Waals surface area contributed by atoms with Gasteiger partial charge in [-0.15, -0.1) is 0 Å². The highest BCUT2D eigenvalue weighted by molar-refractivity contribution is 6.30. The fourth-order valence-electron chi connectivity index (χ4n) is 36.8. The first-order valence-corrected chi connectivity index (χ1v) is 56.0. The molecule has 25 aliphatic rings. The second-order valence-electron chi connectivity index (χ2n) is 51.0. The van der Waals surface area contributed by atoms with Gasteiger partial charge in [-0.05, 0) is 407 Å². The van der Waals surface area contributed by atoms with E-state index in [0.29, 0.717) is 76.3 Å². The van der Waals surface area contributed by atoms with Crippen LogP contribution in [0.1, 0.15) is 285 Å². The summed E-state index contributed by atoms with van der Waals surface area (Å²) in [7, 11) is 4.03. The molecular formula is C114H161ClN20O5. The number of amides is 4. The molecule has 754 valence electrons. The highest BCUT2D eigenvalue weighted by Crippen LogP contribution is 2.70. The summed E-state index contributed by atoms with van der Waals surface area (Å²) in [5, 5.41) is 32.8. The summed E-state index contributed by atoms with van der Waals surface area (Å²) in [6, 6.07) is 33.4. The summed E-state index contributed by atoms with van der Waals surface area (Å²) in [4.78, 5) is 77.8. The van der Waals surface area contributed by atoms with Crippen LogP contribution in [0.15, 0.2) is 129 Å². The van der Waals surface area contributed by atoms with Crippen molar-refractivity contribution in [3.8, 4) is 0 Å². The number of likely N-dealkylation sites (tertiary alicyclic amines) is 3. The number of carbonyl (C=O) groups excluding carboxylic acids is 4. The Morgan fingerprint density at radius 3 is 1.49 bits per heavy atom. The lowest BCUT2D eigenvalue weighted by atomic mass is 9.40. The van der Waals surface area contributed by atoms with E-state index >= 15 is 0 Å². The molecule has 0 spiro atoms. The van der Waals surface area contributed by atoms with Gasteiger partial charge in [0.15, 0.2) is 5.69 Å². The summed E-state index contributed by atoms with van der Waals surface area (Å²) in [6.07, 6.45) is 55.2. The van der Waals surface area contributed by atoms with Gasteiger partial charge in [-0.1, -0.05) is 91.3 Å². The maximum Gasteiger partial charge on any atom is 0.272 e. The number of halogens is 1. The van der Waals surface area contributed by atoms with Gasteiger partial charge in [-0.25, -0.2) is 29.0 Å². The Kier molecular flexibility index (Phi) is 26.6. The molecule has 20 aliphatic carbocycles. The maximum atomic E-state index is 13.8. The zero-order chi connectivity index (χ0) is 95.4. The topological polar surface area (TPSA) is 252 Å². The van der Waals surface area contributed by atoms with Crippen LogP contribution in [0, 0.1) is 100 Å². The predicted octanol–water partition coefficient (Wildman–Crippen LogP) is 16.7. The van der Waals surface area contributed by atoms with Gasteiger partial charge >= 0.3 is 0 Å². The molecule has 5 aliphatic heterocycles. The lowest BCUT2D eigenvalue weighted by Gasteiger charge is -2.64. The van der Waals surface area contributed by atoms with Crippen molar-refractivity contribution in [1.82, 2.24) is 99.8 Å². The summed E-state index contributed by atoms with van der Waals surface area (Å²) >= 11 is 6.27. The summed E-state index contributed by atoms with van der Waals surface area (Å²) < 4.78 is 13.4. The molecule has 26 heteroatoms. The van der Waals surface area contributed by atoms with Crippen LogP contribution in [-0.2, 0) is 66.2 Å². The second kappa shape index (κ2) is 38.9. The molecule has 3 aromatic carbocycles. The van der Waals surface area contributed by atoms with E-state index in [2.05, 4.69) is 196 Å². The number of piperazine rings is 1. The standard InChI is InChI=1S/C29H35ClN2O.C25H37N.C21H33N5O.C20H31N5O2.C19H25N7O/c30-27-8-6-24(7-9-27)29(25-15-22-14-23(17-25)18-26(29)16-22)19-28(33)32-12-10-31(11-13-32)20-21-4-2-1-3-5-21;1-19(12-20-8-10-26(2)11-9-20)24-14-21-13-22(15-24)17-25(16-21,18-24)23-6-4-3-5-7-23;1-15(2)25-5-3-18(4-6-25)19(27)24-20-8-16-7-17(9-20)11-21(10-16,12-20)26-14-22-13-23-26;1-27-5-4-24-3-2-17(11-24)18(26)23-19-7-15-6-16(8-19)10-20(9-15,12-19)25-14-21-13-22-25;27-17(16-4-15-9-20-1-2-25(15)24-16)23-18-5-13-3-14(6-18)8-19(7-13,10-18)26-12-21-11-22-26/h1-9,22-23,25-26H,10-20H2;3-7,19-22H,8-18H2,1-2H3;13-18H,3-12H2,1-2H3,(H,24,27);13-17H,2-12H2,1H3,(H,23,26);4,11-14,20H,1-3,5-10H2,(H,23,27). The number of ether oxygens (including phenoxy) is 1. The fraction of sp³-hybridized carbons (Fsp3) is 0.728. The number of carbonyl (C=O) groups is 4. The number of aromatic nitrogens is 11. The molecule has 10 unspecified atom stereocenters. The Hall–Kier alpha value is -7.78. The van der Waals surface area contributed by atoms with Crippen LogP contribution in [0.2, 0.25) is 5.02 Å². The molecule has 10 atom stereocenters. The molecule has 140 heavy (non-hydrogen) atoms. The summed E-state index contributed by atoms with van der Waals surface area (Å²) in [6.45, 7) is 22.5. The van der Waals surface area contributed by atoms with Gasteiger partial charge in [0.2, 0.25) is 17.7 Å². The minimum atomic E-state index is -0.129. The minimum absolute atomic E-state index is 0.0102. The molecule has 32 rings (SSSR count). The van der Waals surface area contributed by atoms with Gasteiger partial charge in [0.25, 0.3) is 5.91 Å². The molecule has 20 bridgehead atoms. The van der Waals surface area contributed by atoms with Crippen molar-refractivity contribution in [2.24, 2.45) is 100 Å². The SMILES string of the molecule is CC(C)N1CCC(C(=O)NC23CC4CC(C2)CC(n2cncn2)(C4)C3)CC1.CC(CC1CCN(C)CC1)C12CC3CC(CC(c4ccccc4)(C3)C1)C2.COCCN1CCC(C(=O)NC23CC4CC(C2)CC(n2cncn2)(C4)C3)C1.O=C(CC1(c2ccc(Cl)cc2)C2CC3CC(C2)CC1C3)N1CCN(Cc2ccccc2)CC1.O=C(NC12CC3CC(C1)CC(n1cncn1)(C3)C2)c1cc2n(n1)CCNC2. The molecule has 4 aromatic heterocycles. The van der Waals surface area contributed by atoms with Crippen molar-refractivity contribution in [2.75, 3.05) is 99.3 Å². The number of rotatable bonds is 22. The molecule has 4 amide bonds. The molecule has 25 nitrogen and oxygen atoms in total. The third kappa shape index (κ3) is 19.1. The highest BCUT2D eigenvalue weighted by atomic mass is 35.5. The number of hydrogen-bond acceptors (Lipinski definition) is 17. The number of fused-ring (bicyclic) bond motifs is 1. The van der Waals surface area contributed by atoms with Crippen molar-refractivity contribution >= 4 is 35.2 Å². The van der Waals surface area contributed by atoms with E-state index in [-0.39, 0.29) is 62.3 Å². The van der Waals surface area contributed by atoms with Gasteiger partial charge in [0, 0.05) is 111 Å². The van der Waals surface area contributed by atoms with Crippen molar-refractivity contribution in [1.29, 1.82) is 0 Å². The number of hydrogen-bond donors (Lipinski definition) is 4. The van der Waals surface area contributed by atoms with Gasteiger partial charge in [0.05, 0.1) is 41.4 Å². The molecule has 20 saturated carbocycles. The monoisotopic (exact) mass is 1930 g/mol. The summed E-state index contributed by atoms with van der Waals surface area (Å²) in [5.74, 6) is 12.4. The zero-order valence-corrected chi connectivity index (χ0v) is 85.5. The van der Waals surface area contributed by atoms with E-state index in [1.165, 1.54) is 146 Å². The molecule has 4 saturated heterocycles. The van der Waals surface area contributed by atoms with Crippen LogP contribution >= 0.6 is 11.6 Å². The first kappa shape index (κ1) is 95.7. The fourth-order valence-corrected chi connectivity index (χ4v) is 36.9. The maximum absolute atomic E-state index is 13.8. The molecule has 9 heterocycles. The van der Waals surface area contributed by atoms with E-state index < -0.39 is 0 Å². The molecular weight excluding hydrogens is 1760 g/mol. The molecule has 4 N–H and O–H groups in total. The first-order valence-electron chi connectivity index (χ1n) is 55.7. The van der Waals surface area contributed by atoms with Crippen molar-refractivity contribution in [3.05, 3.63) is 162 Å². The minimum Gasteiger partial charge on any atom is -0.383 e. The van der Waals surface area contributed by atoms with E-state index in [9.17, 15) is 19.2 Å². The number of piperidine rings is 2. The third-order valence-corrected chi connectivity index (χ3v) is 41.5. The first-order chi connectivity index (χ1) is 67.9. The van der Waals surface area contributed by atoms with Crippen molar-refractivity contribution in [3.63, 3.8) is 0 Å². The lowest BCUT2D eigenvalue weighted by molar-refractivity contribution is -0.141. The van der Waals surface area contributed by atoms with E-state index in [1.807, 2.05) is 41.9 Å². The normalized spacial score (nSPS) is 38.0. The number of methoxy groups -OCH3 is 1. The largest absolute Gasteiger partial charge is 0.383 e. The van der Waals surface area contributed by atoms with Gasteiger partial charge in [-0.3, -0.25) is 28.8 Å². The number of nitrogens with one attached hydrogen (secondary N) is 4. The quantitative estimate of drug-likeness (QED) is 0.0492. The van der Waals surface area contributed by atoms with E-state index in [1.54, 1.807) is 44.5 Å². The average molecular weight is 1930 g/mol. The third-order valence-electron chi connectivity index (χ3n) is 41.2. The summed E-state index contributed by atoms with van der Waals surface area (Å²) in [5.41, 5.74) is 7.22. The van der Waals surface area contributed by atoms with Crippen LogP contribution in [0.4, 0.5) is 0 Å². The predicted molar refractivity (Wildman–Crippen MR) is 542 cm³/mol. The molecule has 0 radical (unpaired) electrons. The van der Waals surface area contributed by atoms with Crippen molar-refractivity contribution < 1.29 is 23.9 Å². The Morgan fingerprint density at radius 2 is 0.993 bits per heavy atom. The van der Waals surface area contributed by atoms with Gasteiger partial charge in [0.1, 0.15) is 38.0 Å². The smallest absolute Gasteiger partial charge is 0.272 e. The Morgan fingerprint density at radius 1 is 0.500 bits per heavy atom. The second-order valence-corrected chi connectivity index (χ2v) is 51.4. The van der Waals surface area contributed by atoms with E-state index in [0.717, 1.165) is 240 Å². The number of benzene rings is 3.